The van der Waals surface area contributed by atoms with Crippen molar-refractivity contribution in [1.82, 2.24) is 4.98 Å². The largest absolute Gasteiger partial charge is 0.495 e. The zero-order valence-electron chi connectivity index (χ0n) is 11.1. The maximum Gasteiger partial charge on any atom is 0.267 e. The minimum atomic E-state index is -0.205. The number of aromatic nitrogens is 1. The van der Waals surface area contributed by atoms with Crippen LogP contribution in [0.4, 0.5) is 5.69 Å². The summed E-state index contributed by atoms with van der Waals surface area (Å²) < 4.78 is 5.93. The number of nitrogens with zero attached hydrogens (tertiary/aromatic N) is 1. The van der Waals surface area contributed by atoms with Gasteiger partial charge in [-0.3, -0.25) is 4.79 Å². The van der Waals surface area contributed by atoms with Crippen LogP contribution >= 0.6 is 38.9 Å². The van der Waals surface area contributed by atoms with Crippen LogP contribution in [0.3, 0.4) is 0 Å². The third-order valence-electron chi connectivity index (χ3n) is 2.81. The Hall–Kier alpha value is -1.11. The first-order chi connectivity index (χ1) is 9.43. The van der Waals surface area contributed by atoms with Crippen LogP contribution in [0.1, 0.15) is 20.8 Å². The van der Waals surface area contributed by atoms with E-state index in [9.17, 15) is 4.79 Å². The first kappa shape index (κ1) is 15.3. The Labute approximate surface area is 134 Å². The van der Waals surface area contributed by atoms with Crippen molar-refractivity contribution in [2.45, 2.75) is 13.8 Å². The van der Waals surface area contributed by atoms with E-state index in [1.165, 1.54) is 17.5 Å². The number of methoxy groups -OCH3 is 1. The highest BCUT2D eigenvalue weighted by Crippen LogP contribution is 2.36. The summed E-state index contributed by atoms with van der Waals surface area (Å²) in [4.78, 5) is 16.7. The molecule has 0 unspecified atom stereocenters. The quantitative estimate of drug-likeness (QED) is 0.863. The second kappa shape index (κ2) is 6.11. The van der Waals surface area contributed by atoms with Gasteiger partial charge in [-0.1, -0.05) is 11.6 Å². The van der Waals surface area contributed by atoms with Crippen LogP contribution in [0, 0.1) is 13.8 Å². The Morgan fingerprint density at radius 2 is 2.20 bits per heavy atom. The molecule has 0 bridgehead atoms. The van der Waals surface area contributed by atoms with E-state index >= 15 is 0 Å². The van der Waals surface area contributed by atoms with Gasteiger partial charge in [-0.2, -0.15) is 0 Å². The van der Waals surface area contributed by atoms with E-state index in [-0.39, 0.29) is 5.91 Å². The minimum Gasteiger partial charge on any atom is -0.495 e. The summed E-state index contributed by atoms with van der Waals surface area (Å²) in [5.41, 5.74) is 2.39. The van der Waals surface area contributed by atoms with Crippen molar-refractivity contribution in [1.29, 1.82) is 0 Å². The third kappa shape index (κ3) is 2.97. The number of thiazole rings is 1. The summed E-state index contributed by atoms with van der Waals surface area (Å²) in [6, 6.07) is 1.77. The molecular weight excluding hydrogens is 364 g/mol. The monoisotopic (exact) mass is 374 g/mol. The van der Waals surface area contributed by atoms with E-state index in [0.29, 0.717) is 25.3 Å². The lowest BCUT2D eigenvalue weighted by Gasteiger charge is -2.15. The van der Waals surface area contributed by atoms with Crippen LogP contribution in [-0.4, -0.2) is 18.0 Å². The molecule has 1 heterocycles. The summed E-state index contributed by atoms with van der Waals surface area (Å²) >= 11 is 10.6. The molecule has 1 N–H and O–H groups in total. The number of hydrogen-bond acceptors (Lipinski definition) is 4. The van der Waals surface area contributed by atoms with E-state index in [1.807, 2.05) is 13.8 Å². The molecule has 1 aromatic carbocycles. The smallest absolute Gasteiger partial charge is 0.267 e. The zero-order valence-corrected chi connectivity index (χ0v) is 14.2. The van der Waals surface area contributed by atoms with Gasteiger partial charge in [0.05, 0.1) is 24.0 Å². The van der Waals surface area contributed by atoms with Gasteiger partial charge in [0.25, 0.3) is 5.91 Å². The maximum absolute atomic E-state index is 12.2. The van der Waals surface area contributed by atoms with Gasteiger partial charge >= 0.3 is 0 Å². The molecule has 0 saturated heterocycles. The van der Waals surface area contributed by atoms with Gasteiger partial charge in [0.2, 0.25) is 0 Å². The number of hydrogen-bond donors (Lipinski definition) is 1. The molecule has 7 heteroatoms. The Kier molecular flexibility index (Phi) is 4.67. The van der Waals surface area contributed by atoms with Crippen molar-refractivity contribution in [2.24, 2.45) is 0 Å². The number of halogens is 2. The molecule has 4 nitrogen and oxygen atoms in total. The number of aryl methyl sites for hydroxylation is 1. The minimum absolute atomic E-state index is 0.205. The van der Waals surface area contributed by atoms with Gasteiger partial charge in [0.1, 0.15) is 10.6 Å². The van der Waals surface area contributed by atoms with Crippen LogP contribution in [0.5, 0.6) is 5.75 Å². The van der Waals surface area contributed by atoms with E-state index in [0.717, 1.165) is 11.1 Å². The second-order valence-corrected chi connectivity index (χ2v) is 6.85. The Morgan fingerprint density at radius 3 is 2.75 bits per heavy atom. The molecule has 0 atom stereocenters. The predicted octanol–water partition coefficient (Wildman–Crippen LogP) is 4.44. The van der Waals surface area contributed by atoms with Gasteiger partial charge in [-0.05, 0) is 41.4 Å². The van der Waals surface area contributed by atoms with Crippen molar-refractivity contribution in [3.8, 4) is 5.75 Å². The lowest BCUT2D eigenvalue weighted by Crippen LogP contribution is -2.13. The molecule has 2 rings (SSSR count). The van der Waals surface area contributed by atoms with Gasteiger partial charge in [0.15, 0.2) is 3.92 Å². The van der Waals surface area contributed by atoms with Gasteiger partial charge in [0, 0.05) is 5.56 Å². The zero-order chi connectivity index (χ0) is 14.9. The van der Waals surface area contributed by atoms with Crippen LogP contribution in [-0.2, 0) is 0 Å². The van der Waals surface area contributed by atoms with E-state index in [1.54, 1.807) is 13.2 Å². The molecular formula is C13H12BrClN2O2S. The Bertz CT molecular complexity index is 673. The molecule has 0 aliphatic rings. The SMILES string of the molecule is COc1c(Cl)cc(C)c(NC(=O)c2cnc(Br)s2)c1C. The van der Waals surface area contributed by atoms with Crippen molar-refractivity contribution >= 4 is 50.5 Å². The number of anilines is 1. The fourth-order valence-electron chi connectivity index (χ4n) is 1.89. The summed E-state index contributed by atoms with van der Waals surface area (Å²) in [5.74, 6) is 0.363. The normalized spacial score (nSPS) is 10.4. The first-order valence-corrected chi connectivity index (χ1v) is 7.69. The van der Waals surface area contributed by atoms with Crippen LogP contribution in [0.25, 0.3) is 0 Å². The standard InChI is InChI=1S/C13H12BrClN2O2S/c1-6-4-8(15)11(19-3)7(2)10(6)17-12(18)9-5-16-13(14)20-9/h4-5H,1-3H3,(H,17,18). The lowest BCUT2D eigenvalue weighted by molar-refractivity contribution is 0.103. The van der Waals surface area contributed by atoms with Crippen molar-refractivity contribution < 1.29 is 9.53 Å². The molecule has 0 saturated carbocycles. The van der Waals surface area contributed by atoms with E-state index in [2.05, 4.69) is 26.2 Å². The molecule has 0 aliphatic carbocycles. The molecule has 1 amide bonds. The van der Waals surface area contributed by atoms with Crippen molar-refractivity contribution in [3.05, 3.63) is 37.2 Å². The predicted molar refractivity (Wildman–Crippen MR) is 85.2 cm³/mol. The van der Waals surface area contributed by atoms with Crippen LogP contribution < -0.4 is 10.1 Å². The lowest BCUT2D eigenvalue weighted by atomic mass is 10.1. The molecule has 106 valence electrons. The van der Waals surface area contributed by atoms with Gasteiger partial charge < -0.3 is 10.1 Å². The summed E-state index contributed by atoms with van der Waals surface area (Å²) in [6.07, 6.45) is 1.53. The average Bonchev–Trinajstić information content (AvgIpc) is 2.81. The van der Waals surface area contributed by atoms with Crippen LogP contribution in [0.15, 0.2) is 16.2 Å². The highest BCUT2D eigenvalue weighted by molar-refractivity contribution is 9.11. The number of amides is 1. The first-order valence-electron chi connectivity index (χ1n) is 5.70. The van der Waals surface area contributed by atoms with Crippen molar-refractivity contribution in [3.63, 3.8) is 0 Å². The number of benzene rings is 1. The van der Waals surface area contributed by atoms with Gasteiger partial charge in [-0.15, -0.1) is 11.3 Å². The highest BCUT2D eigenvalue weighted by Gasteiger charge is 2.17. The average molecular weight is 376 g/mol. The maximum atomic E-state index is 12.2. The fourth-order valence-corrected chi connectivity index (χ4v) is 3.44. The summed E-state index contributed by atoms with van der Waals surface area (Å²) in [7, 11) is 1.55. The van der Waals surface area contributed by atoms with E-state index < -0.39 is 0 Å². The number of carbonyl (C=O) groups is 1. The number of rotatable bonds is 3. The topological polar surface area (TPSA) is 51.2 Å². The Balaban J connectivity index is 2.36. The molecule has 2 aromatic rings. The van der Waals surface area contributed by atoms with Crippen molar-refractivity contribution in [2.75, 3.05) is 12.4 Å². The molecule has 0 fully saturated rings. The number of nitrogens with one attached hydrogen (secondary N) is 1. The molecule has 1 aromatic heterocycles. The second-order valence-electron chi connectivity index (χ2n) is 4.14. The molecule has 0 radical (unpaired) electrons. The van der Waals surface area contributed by atoms with Gasteiger partial charge in [-0.25, -0.2) is 4.98 Å². The Morgan fingerprint density at radius 1 is 1.50 bits per heavy atom. The van der Waals surface area contributed by atoms with E-state index in [4.69, 9.17) is 16.3 Å². The molecule has 0 aliphatic heterocycles. The summed E-state index contributed by atoms with van der Waals surface area (Å²) in [5, 5.41) is 3.41. The third-order valence-corrected chi connectivity index (χ3v) is 4.57. The molecule has 0 spiro atoms. The highest BCUT2D eigenvalue weighted by atomic mass is 79.9. The fraction of sp³-hybridized carbons (Fsp3) is 0.231. The number of carbonyl (C=O) groups excluding carboxylic acids is 1. The number of ether oxygens (including phenoxy) is 1. The van der Waals surface area contributed by atoms with Crippen LogP contribution in [0.2, 0.25) is 5.02 Å². The summed E-state index contributed by atoms with van der Waals surface area (Å²) in [6.45, 7) is 3.74. The molecule has 20 heavy (non-hydrogen) atoms.